The van der Waals surface area contributed by atoms with Crippen molar-refractivity contribution in [3.63, 3.8) is 0 Å². The largest absolute Gasteiger partial charge is 0.394 e. The van der Waals surface area contributed by atoms with Crippen LogP contribution in [0.1, 0.15) is 68.6 Å². The minimum Gasteiger partial charge on any atom is -0.394 e. The lowest BCUT2D eigenvalue weighted by Gasteiger charge is -2.22. The number of amides is 2. The second kappa shape index (κ2) is 26.7. The van der Waals surface area contributed by atoms with Gasteiger partial charge in [-0.3, -0.25) is 9.59 Å². The van der Waals surface area contributed by atoms with Crippen molar-refractivity contribution in [3.8, 4) is 0 Å². The van der Waals surface area contributed by atoms with E-state index in [0.717, 1.165) is 76.2 Å². The zero-order chi connectivity index (χ0) is 40.5. The van der Waals surface area contributed by atoms with Gasteiger partial charge in [-0.05, 0) is 98.7 Å². The Morgan fingerprint density at radius 3 is 1.62 bits per heavy atom. The number of carbonyl (C=O) groups excluding carboxylic acids is 2. The maximum Gasteiger partial charge on any atom is 0.222 e. The average Bonchev–Trinajstić information content (AvgIpc) is 3.21. The number of allylic oxidation sites excluding steroid dienone is 3. The highest BCUT2D eigenvalue weighted by Crippen LogP contribution is 2.24. The highest BCUT2D eigenvalue weighted by atomic mass is 33.1. The van der Waals surface area contributed by atoms with Gasteiger partial charge in [0, 0.05) is 109 Å². The summed E-state index contributed by atoms with van der Waals surface area (Å²) in [5.74, 6) is 2.31. The van der Waals surface area contributed by atoms with E-state index in [1.165, 1.54) is 33.6 Å². The quantitative estimate of drug-likeness (QED) is 0.0379. The van der Waals surface area contributed by atoms with Crippen LogP contribution in [0.5, 0.6) is 0 Å². The van der Waals surface area contributed by atoms with Crippen molar-refractivity contribution in [2.75, 3.05) is 82.7 Å². The van der Waals surface area contributed by atoms with Crippen LogP contribution in [0.2, 0.25) is 0 Å². The molecule has 0 spiro atoms. The summed E-state index contributed by atoms with van der Waals surface area (Å²) < 4.78 is 2.03. The standard InChI is InChI=1S/C46H67N6O2S2/c1-8-39(27-30-47-2)15-16-40-19-23-43(24-20-40)49(4)31-11-33-51(6)45(53)13-9-37-55-56-38-10-14-46(54)52(7)34-12-32-50(5)44-25-21-41(22-26-44)17-18-42-28-35-48(3)36-29-42/h8,17-30,35-36,47H,9-16,31-34,37-38H2,1-7H3/q+1/b30-27-,39-8-. The van der Waals surface area contributed by atoms with Crippen LogP contribution in [0, 0.1) is 0 Å². The molecule has 3 aromatic rings. The van der Waals surface area contributed by atoms with Gasteiger partial charge in [0.1, 0.15) is 7.05 Å². The van der Waals surface area contributed by atoms with Crippen LogP contribution >= 0.6 is 21.6 Å². The molecule has 0 saturated heterocycles. The molecule has 3 rings (SSSR count). The molecule has 10 heteroatoms. The number of hydrogen-bond acceptors (Lipinski definition) is 7. The predicted molar refractivity (Wildman–Crippen MR) is 244 cm³/mol. The number of aromatic nitrogens is 1. The van der Waals surface area contributed by atoms with Crippen molar-refractivity contribution >= 4 is 56.9 Å². The van der Waals surface area contributed by atoms with E-state index in [2.05, 4.69) is 121 Å². The number of aryl methyl sites for hydroxylation is 2. The number of rotatable bonds is 26. The average molecular weight is 800 g/mol. The number of nitrogens with zero attached hydrogens (tertiary/aromatic N) is 5. The summed E-state index contributed by atoms with van der Waals surface area (Å²) in [6.45, 7) is 5.39. The Kier molecular flexibility index (Phi) is 22.0. The second-order valence-corrected chi connectivity index (χ2v) is 17.1. The molecule has 56 heavy (non-hydrogen) atoms. The number of nitrogens with one attached hydrogen (secondary N) is 1. The third-order valence-corrected chi connectivity index (χ3v) is 12.4. The molecule has 0 atom stereocenters. The lowest BCUT2D eigenvalue weighted by atomic mass is 10.0. The van der Waals surface area contributed by atoms with Crippen molar-refractivity contribution in [2.24, 2.45) is 7.05 Å². The lowest BCUT2D eigenvalue weighted by Crippen LogP contribution is -2.30. The minimum atomic E-state index is 0.211. The fourth-order valence-electron chi connectivity index (χ4n) is 6.04. The van der Waals surface area contributed by atoms with Gasteiger partial charge in [0.15, 0.2) is 12.4 Å². The van der Waals surface area contributed by atoms with Gasteiger partial charge in [0.05, 0.1) is 0 Å². The smallest absolute Gasteiger partial charge is 0.222 e. The van der Waals surface area contributed by atoms with Gasteiger partial charge < -0.3 is 24.9 Å². The highest BCUT2D eigenvalue weighted by Gasteiger charge is 2.11. The highest BCUT2D eigenvalue weighted by molar-refractivity contribution is 8.76. The minimum absolute atomic E-state index is 0.211. The van der Waals surface area contributed by atoms with Gasteiger partial charge in [-0.2, -0.15) is 0 Å². The molecule has 0 radical (unpaired) electrons. The maximum atomic E-state index is 12.7. The molecule has 304 valence electrons. The van der Waals surface area contributed by atoms with E-state index in [-0.39, 0.29) is 11.8 Å². The Morgan fingerprint density at radius 1 is 0.661 bits per heavy atom. The maximum absolute atomic E-state index is 12.7. The third-order valence-electron chi connectivity index (χ3n) is 9.87. The van der Waals surface area contributed by atoms with E-state index in [1.54, 1.807) is 0 Å². The summed E-state index contributed by atoms with van der Waals surface area (Å²) in [5, 5.41) is 3.06. The molecule has 0 aliphatic heterocycles. The SMILES string of the molecule is C/C=C(\C=C/NC)CCc1ccc(N(C)CCCN(C)C(=O)CCCSSCCCC(=O)N(C)CCCN(C)c2ccc(/C=C/c3cc[n+](C)cc3)cc2)cc1. The first kappa shape index (κ1) is 46.2. The first-order valence-electron chi connectivity index (χ1n) is 20.1. The fraction of sp³-hybridized carbons (Fsp3) is 0.457. The van der Waals surface area contributed by atoms with Crippen molar-refractivity contribution in [3.05, 3.63) is 114 Å². The van der Waals surface area contributed by atoms with Crippen LogP contribution in [0.15, 0.2) is 97.0 Å². The van der Waals surface area contributed by atoms with Gasteiger partial charge in [-0.25, -0.2) is 4.57 Å². The molecule has 0 aliphatic carbocycles. The van der Waals surface area contributed by atoms with Gasteiger partial charge >= 0.3 is 0 Å². The zero-order valence-corrected chi connectivity index (χ0v) is 36.7. The van der Waals surface area contributed by atoms with Crippen molar-refractivity contribution < 1.29 is 14.2 Å². The molecule has 1 heterocycles. The second-order valence-electron chi connectivity index (χ2n) is 14.4. The predicted octanol–water partition coefficient (Wildman–Crippen LogP) is 8.50. The molecule has 1 N–H and O–H groups in total. The van der Waals surface area contributed by atoms with Gasteiger partial charge in [0.25, 0.3) is 0 Å². The molecular weight excluding hydrogens is 733 g/mol. The Labute approximate surface area is 346 Å². The Bertz CT molecular complexity index is 1660. The number of hydrogen-bond donors (Lipinski definition) is 1. The monoisotopic (exact) mass is 799 g/mol. The molecule has 2 amide bonds. The van der Waals surface area contributed by atoms with E-state index < -0.39 is 0 Å². The van der Waals surface area contributed by atoms with E-state index in [4.69, 9.17) is 0 Å². The Morgan fingerprint density at radius 2 is 1.14 bits per heavy atom. The summed E-state index contributed by atoms with van der Waals surface area (Å²) in [6.07, 6.45) is 21.4. The van der Waals surface area contributed by atoms with Crippen molar-refractivity contribution in [2.45, 2.75) is 58.3 Å². The van der Waals surface area contributed by atoms with E-state index >= 15 is 0 Å². The lowest BCUT2D eigenvalue weighted by molar-refractivity contribution is -0.671. The normalized spacial score (nSPS) is 11.7. The van der Waals surface area contributed by atoms with E-state index in [9.17, 15) is 9.59 Å². The molecule has 0 fully saturated rings. The first-order valence-corrected chi connectivity index (χ1v) is 22.5. The van der Waals surface area contributed by atoms with Crippen LogP contribution < -0.4 is 19.7 Å². The third kappa shape index (κ3) is 18.2. The van der Waals surface area contributed by atoms with Gasteiger partial charge in [-0.1, -0.05) is 69.7 Å². The molecule has 8 nitrogen and oxygen atoms in total. The number of pyridine rings is 1. The topological polar surface area (TPSA) is 63.0 Å². The Balaban J connectivity index is 1.18. The van der Waals surface area contributed by atoms with E-state index in [1.807, 2.05) is 82.7 Å². The Hall–Kier alpha value is -4.15. The zero-order valence-electron chi connectivity index (χ0n) is 35.1. The van der Waals surface area contributed by atoms with E-state index in [0.29, 0.717) is 12.8 Å². The van der Waals surface area contributed by atoms with Crippen LogP contribution in [0.25, 0.3) is 12.2 Å². The summed E-state index contributed by atoms with van der Waals surface area (Å²) in [7, 11) is 15.6. The van der Waals surface area contributed by atoms with Crippen molar-refractivity contribution in [1.82, 2.24) is 15.1 Å². The van der Waals surface area contributed by atoms with Crippen molar-refractivity contribution in [1.29, 1.82) is 0 Å². The fourth-order valence-corrected chi connectivity index (χ4v) is 8.21. The van der Waals surface area contributed by atoms with Crippen LogP contribution in [-0.4, -0.2) is 94.5 Å². The van der Waals surface area contributed by atoms with Gasteiger partial charge in [0.2, 0.25) is 11.8 Å². The molecule has 0 bridgehead atoms. The van der Waals surface area contributed by atoms with Crippen LogP contribution in [-0.2, 0) is 23.1 Å². The molecule has 0 aliphatic rings. The number of benzene rings is 2. The van der Waals surface area contributed by atoms with Crippen LogP contribution in [0.3, 0.4) is 0 Å². The number of carbonyl (C=O) groups is 2. The summed E-state index contributed by atoms with van der Waals surface area (Å²) in [5.41, 5.74) is 7.39. The summed E-state index contributed by atoms with van der Waals surface area (Å²) >= 11 is 0. The molecule has 1 aromatic heterocycles. The molecular formula is C46H67N6O2S2+. The molecule has 0 saturated carbocycles. The summed E-state index contributed by atoms with van der Waals surface area (Å²) in [4.78, 5) is 33.6. The molecule has 2 aromatic carbocycles. The summed E-state index contributed by atoms with van der Waals surface area (Å²) in [6, 6.07) is 21.6. The van der Waals surface area contributed by atoms with Crippen LogP contribution in [0.4, 0.5) is 11.4 Å². The molecule has 0 unspecified atom stereocenters. The first-order chi connectivity index (χ1) is 27.1. The number of anilines is 2. The van der Waals surface area contributed by atoms with Gasteiger partial charge in [-0.15, -0.1) is 0 Å².